The lowest BCUT2D eigenvalue weighted by Crippen LogP contribution is -2.20. The average molecular weight is 540 g/mol. The van der Waals surface area contributed by atoms with Crippen molar-refractivity contribution in [3.8, 4) is 11.1 Å². The van der Waals surface area contributed by atoms with Gasteiger partial charge in [0.05, 0.1) is 11.1 Å². The quantitative estimate of drug-likeness (QED) is 0.213. The normalized spacial score (nSPS) is 11.3. The highest BCUT2D eigenvalue weighted by molar-refractivity contribution is 6.16. The number of fused-ring (bicyclic) bond motifs is 1. The second kappa shape index (κ2) is 11.0. The molecule has 0 aliphatic heterocycles. The van der Waals surface area contributed by atoms with Crippen molar-refractivity contribution in [3.63, 3.8) is 0 Å². The van der Waals surface area contributed by atoms with Gasteiger partial charge >= 0.3 is 12.2 Å². The molecule has 0 aliphatic carbocycles. The fourth-order valence-corrected chi connectivity index (χ4v) is 4.64. The molecule has 0 unspecified atom stereocenters. The number of amides is 2. The van der Waals surface area contributed by atoms with Crippen LogP contribution in [0.3, 0.4) is 0 Å². The Hall–Kier alpha value is -4.98. The summed E-state index contributed by atoms with van der Waals surface area (Å²) in [7, 11) is 0. The van der Waals surface area contributed by atoms with Crippen molar-refractivity contribution in [2.24, 2.45) is 0 Å². The van der Waals surface area contributed by atoms with Crippen molar-refractivity contribution in [3.05, 3.63) is 126 Å². The maximum atomic E-state index is 13.8. The van der Waals surface area contributed by atoms with Crippen molar-refractivity contribution in [1.29, 1.82) is 0 Å². The molecule has 5 aromatic rings. The van der Waals surface area contributed by atoms with Crippen LogP contribution in [0.1, 0.15) is 34.0 Å². The summed E-state index contributed by atoms with van der Waals surface area (Å²) in [6.45, 7) is 1.99. The molecule has 0 aliphatic rings. The van der Waals surface area contributed by atoms with Crippen LogP contribution in [0.5, 0.6) is 0 Å². The number of para-hydroxylation sites is 2. The fourth-order valence-electron chi connectivity index (χ4n) is 4.64. The minimum atomic E-state index is -4.62. The van der Waals surface area contributed by atoms with Gasteiger partial charge in [-0.3, -0.25) is 9.78 Å². The third kappa shape index (κ3) is 5.42. The molecule has 5 nitrogen and oxygen atoms in total. The lowest BCUT2D eigenvalue weighted by atomic mass is 9.91. The number of carbonyl (C=O) groups is 2. The molecule has 40 heavy (non-hydrogen) atoms. The van der Waals surface area contributed by atoms with E-state index in [1.165, 1.54) is 18.3 Å². The summed E-state index contributed by atoms with van der Waals surface area (Å²) in [4.78, 5) is 30.2. The summed E-state index contributed by atoms with van der Waals surface area (Å²) in [5.41, 5.74) is 2.44. The molecule has 1 heterocycles. The molecule has 0 fully saturated rings. The van der Waals surface area contributed by atoms with E-state index in [1.807, 2.05) is 31.2 Å². The molecule has 0 bridgehead atoms. The molecule has 0 saturated heterocycles. The maximum absolute atomic E-state index is 13.8. The predicted octanol–water partition coefficient (Wildman–Crippen LogP) is 8.36. The van der Waals surface area contributed by atoms with Gasteiger partial charge in [0, 0.05) is 39.6 Å². The van der Waals surface area contributed by atoms with Gasteiger partial charge in [-0.2, -0.15) is 13.2 Å². The van der Waals surface area contributed by atoms with Crippen LogP contribution in [-0.4, -0.2) is 16.8 Å². The summed E-state index contributed by atoms with van der Waals surface area (Å²) >= 11 is 0. The van der Waals surface area contributed by atoms with Crippen LogP contribution >= 0.6 is 0 Å². The number of carbonyl (C=O) groups excluding carboxylic acids is 2. The minimum Gasteiger partial charge on any atom is -0.308 e. The number of ketones is 1. The smallest absolute Gasteiger partial charge is 0.308 e. The van der Waals surface area contributed by atoms with E-state index < -0.39 is 17.8 Å². The number of aryl methyl sites for hydroxylation is 1. The van der Waals surface area contributed by atoms with Gasteiger partial charge in [0.2, 0.25) is 0 Å². The Morgan fingerprint density at radius 1 is 0.800 bits per heavy atom. The van der Waals surface area contributed by atoms with E-state index in [-0.39, 0.29) is 22.2 Å². The van der Waals surface area contributed by atoms with Gasteiger partial charge in [-0.15, -0.1) is 0 Å². The van der Waals surface area contributed by atoms with Crippen molar-refractivity contribution in [1.82, 2.24) is 4.98 Å². The molecule has 5 rings (SSSR count). The number of nitrogens with zero attached hydrogens (tertiary/aromatic N) is 1. The number of nitrogens with one attached hydrogen (secondary N) is 2. The van der Waals surface area contributed by atoms with Gasteiger partial charge in [-0.05, 0) is 41.8 Å². The second-order valence-corrected chi connectivity index (χ2v) is 9.11. The standard InChI is InChI=1S/C32H24F3N3O2/c1-2-20-9-6-7-14-27(20)38-31(40)37-23-17-15-21(16-18-23)28-24-12-8-13-26(32(33,34)35)29(24)36-19-25(28)30(39)22-10-4-3-5-11-22/h3-19H,2H2,1H3,(H2,37,38,40). The van der Waals surface area contributed by atoms with Gasteiger partial charge in [0.25, 0.3) is 0 Å². The van der Waals surface area contributed by atoms with Crippen molar-refractivity contribution in [2.45, 2.75) is 19.5 Å². The van der Waals surface area contributed by atoms with E-state index in [1.54, 1.807) is 54.6 Å². The third-order valence-corrected chi connectivity index (χ3v) is 6.56. The number of halogens is 3. The molecule has 0 atom stereocenters. The predicted molar refractivity (Wildman–Crippen MR) is 151 cm³/mol. The maximum Gasteiger partial charge on any atom is 0.418 e. The van der Waals surface area contributed by atoms with E-state index in [0.29, 0.717) is 28.1 Å². The number of aromatic nitrogens is 1. The van der Waals surface area contributed by atoms with Crippen LogP contribution in [-0.2, 0) is 12.6 Å². The molecule has 2 amide bonds. The highest BCUT2D eigenvalue weighted by Gasteiger charge is 2.34. The van der Waals surface area contributed by atoms with Crippen LogP contribution in [0.4, 0.5) is 29.3 Å². The van der Waals surface area contributed by atoms with Gasteiger partial charge in [0.1, 0.15) is 0 Å². The highest BCUT2D eigenvalue weighted by atomic mass is 19.4. The van der Waals surface area contributed by atoms with Crippen molar-refractivity contribution in [2.75, 3.05) is 10.6 Å². The Kier molecular flexibility index (Phi) is 7.33. The van der Waals surface area contributed by atoms with E-state index >= 15 is 0 Å². The first-order chi connectivity index (χ1) is 19.3. The Morgan fingerprint density at radius 3 is 2.20 bits per heavy atom. The Labute approximate surface area is 228 Å². The van der Waals surface area contributed by atoms with Gasteiger partial charge in [0.15, 0.2) is 5.78 Å². The fraction of sp³-hybridized carbons (Fsp3) is 0.0938. The average Bonchev–Trinajstić information content (AvgIpc) is 2.96. The number of anilines is 2. The van der Waals surface area contributed by atoms with Crippen LogP contribution in [0.15, 0.2) is 103 Å². The molecular formula is C32H24F3N3O2. The van der Waals surface area contributed by atoms with E-state index in [9.17, 15) is 22.8 Å². The zero-order valence-corrected chi connectivity index (χ0v) is 21.4. The number of benzene rings is 4. The lowest BCUT2D eigenvalue weighted by molar-refractivity contribution is -0.136. The molecular weight excluding hydrogens is 515 g/mol. The van der Waals surface area contributed by atoms with Gasteiger partial charge in [-0.25, -0.2) is 4.79 Å². The summed E-state index contributed by atoms with van der Waals surface area (Å²) in [6.07, 6.45) is -2.66. The number of rotatable bonds is 6. The number of urea groups is 1. The topological polar surface area (TPSA) is 71.1 Å². The lowest BCUT2D eigenvalue weighted by Gasteiger charge is -2.16. The van der Waals surface area contributed by atoms with Crippen LogP contribution in [0.2, 0.25) is 0 Å². The Morgan fingerprint density at radius 2 is 1.50 bits per heavy atom. The van der Waals surface area contributed by atoms with Crippen LogP contribution < -0.4 is 10.6 Å². The molecule has 0 radical (unpaired) electrons. The zero-order chi connectivity index (χ0) is 28.3. The van der Waals surface area contributed by atoms with Gasteiger partial charge < -0.3 is 10.6 Å². The Balaban J connectivity index is 1.54. The summed E-state index contributed by atoms with van der Waals surface area (Å²) in [5, 5.41) is 5.81. The van der Waals surface area contributed by atoms with Crippen LogP contribution in [0.25, 0.3) is 22.0 Å². The van der Waals surface area contributed by atoms with E-state index in [2.05, 4.69) is 15.6 Å². The molecule has 4 aromatic carbocycles. The summed E-state index contributed by atoms with van der Waals surface area (Å²) in [5.74, 6) is -0.362. The molecule has 1 aromatic heterocycles. The SMILES string of the molecule is CCc1ccccc1NC(=O)Nc1ccc(-c2c(C(=O)c3ccccc3)cnc3c(C(F)(F)F)cccc23)cc1. The van der Waals surface area contributed by atoms with E-state index in [0.717, 1.165) is 18.1 Å². The first kappa shape index (κ1) is 26.6. The monoisotopic (exact) mass is 539 g/mol. The molecule has 0 spiro atoms. The van der Waals surface area contributed by atoms with Gasteiger partial charge in [-0.1, -0.05) is 79.7 Å². The summed E-state index contributed by atoms with van der Waals surface area (Å²) < 4.78 is 41.4. The molecule has 200 valence electrons. The summed E-state index contributed by atoms with van der Waals surface area (Å²) in [6, 6.07) is 25.9. The number of hydrogen-bond donors (Lipinski definition) is 2. The first-order valence-corrected chi connectivity index (χ1v) is 12.6. The van der Waals surface area contributed by atoms with Crippen molar-refractivity contribution < 1.29 is 22.8 Å². The highest BCUT2D eigenvalue weighted by Crippen LogP contribution is 2.39. The van der Waals surface area contributed by atoms with E-state index in [4.69, 9.17) is 0 Å². The Bertz CT molecular complexity index is 1700. The molecule has 2 N–H and O–H groups in total. The number of alkyl halides is 3. The third-order valence-electron chi connectivity index (χ3n) is 6.56. The zero-order valence-electron chi connectivity index (χ0n) is 21.4. The minimum absolute atomic E-state index is 0.174. The number of hydrogen-bond acceptors (Lipinski definition) is 3. The first-order valence-electron chi connectivity index (χ1n) is 12.6. The molecule has 8 heteroatoms. The largest absolute Gasteiger partial charge is 0.418 e. The van der Waals surface area contributed by atoms with Crippen LogP contribution in [0, 0.1) is 0 Å². The van der Waals surface area contributed by atoms with Crippen molar-refractivity contribution >= 4 is 34.1 Å². The number of pyridine rings is 1. The second-order valence-electron chi connectivity index (χ2n) is 9.11. The molecule has 0 saturated carbocycles.